The highest BCUT2D eigenvalue weighted by Crippen LogP contribution is 2.41. The van der Waals surface area contributed by atoms with Crippen LogP contribution >= 0.6 is 11.6 Å². The quantitative estimate of drug-likeness (QED) is 0.826. The fourth-order valence-corrected chi connectivity index (χ4v) is 4.52. The van der Waals surface area contributed by atoms with Gasteiger partial charge in [0.05, 0.1) is 12.2 Å². The van der Waals surface area contributed by atoms with Gasteiger partial charge in [0.1, 0.15) is 0 Å². The van der Waals surface area contributed by atoms with Crippen molar-refractivity contribution in [3.8, 4) is 0 Å². The minimum absolute atomic E-state index is 0.00865. The lowest BCUT2D eigenvalue weighted by molar-refractivity contribution is 0.0938. The molecular weight excluding hydrogens is 362 g/mol. The van der Waals surface area contributed by atoms with Gasteiger partial charge in [-0.25, -0.2) is 4.68 Å². The summed E-state index contributed by atoms with van der Waals surface area (Å²) in [5, 5.41) is 15.5. The highest BCUT2D eigenvalue weighted by atomic mass is 35.5. The largest absolute Gasteiger partial charge is 0.350 e. The molecule has 2 heterocycles. The molecule has 1 aromatic carbocycles. The predicted octanol–water partition coefficient (Wildman–Crippen LogP) is 3.10. The van der Waals surface area contributed by atoms with Gasteiger partial charge in [0.25, 0.3) is 5.91 Å². The van der Waals surface area contributed by atoms with Crippen molar-refractivity contribution in [2.45, 2.75) is 50.0 Å². The number of hydrogen-bond donors (Lipinski definition) is 2. The molecule has 144 valence electrons. The third kappa shape index (κ3) is 4.01. The Morgan fingerprint density at radius 2 is 1.93 bits per heavy atom. The molecule has 2 fully saturated rings. The van der Waals surface area contributed by atoms with Gasteiger partial charge in [-0.2, -0.15) is 0 Å². The van der Waals surface area contributed by atoms with E-state index in [1.165, 1.54) is 18.4 Å². The highest BCUT2D eigenvalue weighted by Gasteiger charge is 2.36. The van der Waals surface area contributed by atoms with E-state index in [9.17, 15) is 4.79 Å². The molecule has 1 aliphatic carbocycles. The van der Waals surface area contributed by atoms with Crippen LogP contribution in [0.25, 0.3) is 0 Å². The van der Waals surface area contributed by atoms with Gasteiger partial charge in [0, 0.05) is 17.0 Å². The zero-order chi connectivity index (χ0) is 18.7. The number of nitrogens with zero attached hydrogens (tertiary/aromatic N) is 3. The molecule has 1 aliphatic heterocycles. The van der Waals surface area contributed by atoms with Gasteiger partial charge in [-0.05, 0) is 56.5 Å². The molecule has 2 aliphatic rings. The van der Waals surface area contributed by atoms with Gasteiger partial charge in [-0.3, -0.25) is 4.79 Å². The summed E-state index contributed by atoms with van der Waals surface area (Å²) in [6, 6.07) is 8.38. The maximum absolute atomic E-state index is 12.7. The van der Waals surface area contributed by atoms with Crippen LogP contribution in [0.15, 0.2) is 30.5 Å². The molecule has 2 N–H and O–H groups in total. The Labute approximate surface area is 164 Å². The fraction of sp³-hybridized carbons (Fsp3) is 0.550. The van der Waals surface area contributed by atoms with Gasteiger partial charge in [0.2, 0.25) is 0 Å². The number of carbonyl (C=O) groups excluding carboxylic acids is 1. The van der Waals surface area contributed by atoms with E-state index in [1.54, 1.807) is 6.20 Å². The Kier molecular flexibility index (Phi) is 5.45. The maximum atomic E-state index is 12.7. The van der Waals surface area contributed by atoms with Crippen molar-refractivity contribution >= 4 is 17.5 Å². The molecule has 0 unspecified atom stereocenters. The summed E-state index contributed by atoms with van der Waals surface area (Å²) in [4.78, 5) is 12.7. The van der Waals surface area contributed by atoms with Crippen LogP contribution < -0.4 is 10.6 Å². The zero-order valence-corrected chi connectivity index (χ0v) is 16.2. The number of benzene rings is 1. The molecule has 7 heteroatoms. The number of rotatable bonds is 5. The minimum Gasteiger partial charge on any atom is -0.350 e. The maximum Gasteiger partial charge on any atom is 0.273 e. The van der Waals surface area contributed by atoms with E-state index < -0.39 is 0 Å². The van der Waals surface area contributed by atoms with Crippen molar-refractivity contribution in [1.29, 1.82) is 0 Å². The Bertz CT molecular complexity index is 776. The van der Waals surface area contributed by atoms with E-state index in [1.807, 2.05) is 16.8 Å². The Morgan fingerprint density at radius 3 is 2.63 bits per heavy atom. The summed E-state index contributed by atoms with van der Waals surface area (Å²) < 4.78 is 1.85. The van der Waals surface area contributed by atoms with E-state index in [4.69, 9.17) is 11.6 Å². The first kappa shape index (κ1) is 18.4. The van der Waals surface area contributed by atoms with Crippen LogP contribution in [0.1, 0.15) is 60.6 Å². The number of aromatic nitrogens is 3. The third-order valence-corrected chi connectivity index (χ3v) is 6.28. The predicted molar refractivity (Wildman–Crippen MR) is 105 cm³/mol. The molecule has 1 saturated carbocycles. The monoisotopic (exact) mass is 387 g/mol. The number of piperidine rings is 1. The summed E-state index contributed by atoms with van der Waals surface area (Å²) in [6.45, 7) is 2.58. The molecule has 0 bridgehead atoms. The van der Waals surface area contributed by atoms with E-state index in [2.05, 4.69) is 33.1 Å². The van der Waals surface area contributed by atoms with Crippen molar-refractivity contribution in [3.05, 3.63) is 46.7 Å². The lowest BCUT2D eigenvalue weighted by atomic mass is 9.79. The number of amides is 1. The molecule has 0 radical (unpaired) electrons. The normalized spacial score (nSPS) is 19.9. The topological polar surface area (TPSA) is 71.8 Å². The summed E-state index contributed by atoms with van der Waals surface area (Å²) in [7, 11) is 0. The van der Waals surface area contributed by atoms with E-state index >= 15 is 0 Å². The van der Waals surface area contributed by atoms with Crippen molar-refractivity contribution in [2.75, 3.05) is 19.6 Å². The minimum atomic E-state index is -0.143. The molecule has 1 aromatic heterocycles. The summed E-state index contributed by atoms with van der Waals surface area (Å²) >= 11 is 6.05. The van der Waals surface area contributed by atoms with Crippen molar-refractivity contribution < 1.29 is 4.79 Å². The summed E-state index contributed by atoms with van der Waals surface area (Å²) in [5.74, 6) is -0.143. The molecule has 0 spiro atoms. The Balaban J connectivity index is 1.43. The number of hydrogen-bond acceptors (Lipinski definition) is 4. The van der Waals surface area contributed by atoms with Crippen LogP contribution in [-0.4, -0.2) is 40.5 Å². The Hall–Kier alpha value is -1.92. The van der Waals surface area contributed by atoms with Gasteiger partial charge >= 0.3 is 0 Å². The van der Waals surface area contributed by atoms with Crippen LogP contribution in [0.2, 0.25) is 5.02 Å². The van der Waals surface area contributed by atoms with Crippen LogP contribution in [0.5, 0.6) is 0 Å². The number of nitrogens with one attached hydrogen (secondary N) is 2. The first-order valence-corrected chi connectivity index (χ1v) is 10.2. The molecule has 4 rings (SSSR count). The first-order chi connectivity index (χ1) is 13.2. The third-order valence-electron chi connectivity index (χ3n) is 6.03. The Morgan fingerprint density at radius 1 is 1.22 bits per heavy atom. The SMILES string of the molecule is O=C(NCC1(c2ccc(Cl)cc2)CCCC1)c1cn(C2CCNCC2)nn1. The van der Waals surface area contributed by atoms with Crippen molar-refractivity contribution in [2.24, 2.45) is 0 Å². The standard InChI is InChI=1S/C20H26ClN5O/c21-16-5-3-15(4-6-16)20(9-1-2-10-20)14-23-19(27)18-13-26(25-24-18)17-7-11-22-12-8-17/h3-6,13,17,22H,1-2,7-12,14H2,(H,23,27). The second-order valence-corrected chi connectivity index (χ2v) is 8.18. The summed E-state index contributed by atoms with van der Waals surface area (Å²) in [6.07, 6.45) is 8.35. The molecule has 2 aromatic rings. The van der Waals surface area contributed by atoms with E-state index in [-0.39, 0.29) is 11.3 Å². The molecule has 1 saturated heterocycles. The lowest BCUT2D eigenvalue weighted by Crippen LogP contribution is -2.39. The van der Waals surface area contributed by atoms with Crippen molar-refractivity contribution in [3.63, 3.8) is 0 Å². The van der Waals surface area contributed by atoms with Gasteiger partial charge in [0.15, 0.2) is 5.69 Å². The first-order valence-electron chi connectivity index (χ1n) is 9.83. The van der Waals surface area contributed by atoms with Gasteiger partial charge in [-0.1, -0.05) is 41.8 Å². The number of halogens is 1. The van der Waals surface area contributed by atoms with Crippen LogP contribution in [0.3, 0.4) is 0 Å². The molecule has 0 atom stereocenters. The van der Waals surface area contributed by atoms with E-state index in [0.29, 0.717) is 18.3 Å². The fourth-order valence-electron chi connectivity index (χ4n) is 4.39. The van der Waals surface area contributed by atoms with Gasteiger partial charge < -0.3 is 10.6 Å². The second-order valence-electron chi connectivity index (χ2n) is 7.74. The van der Waals surface area contributed by atoms with Crippen molar-refractivity contribution in [1.82, 2.24) is 25.6 Å². The van der Waals surface area contributed by atoms with Crippen LogP contribution in [0.4, 0.5) is 0 Å². The smallest absolute Gasteiger partial charge is 0.273 e. The van der Waals surface area contributed by atoms with E-state index in [0.717, 1.165) is 43.8 Å². The van der Waals surface area contributed by atoms with Gasteiger partial charge in [-0.15, -0.1) is 5.10 Å². The zero-order valence-electron chi connectivity index (χ0n) is 15.5. The second kappa shape index (κ2) is 7.98. The molecule has 6 nitrogen and oxygen atoms in total. The summed E-state index contributed by atoms with van der Waals surface area (Å²) in [5.41, 5.74) is 1.64. The van der Waals surface area contributed by atoms with Crippen LogP contribution in [0, 0.1) is 0 Å². The average Bonchev–Trinajstić information content (AvgIpc) is 3.38. The molecule has 1 amide bonds. The molecular formula is C20H26ClN5O. The lowest BCUT2D eigenvalue weighted by Gasteiger charge is -2.30. The average molecular weight is 388 g/mol. The molecule has 27 heavy (non-hydrogen) atoms. The highest BCUT2D eigenvalue weighted by molar-refractivity contribution is 6.30. The van der Waals surface area contributed by atoms with Crippen LogP contribution in [-0.2, 0) is 5.41 Å². The number of carbonyl (C=O) groups is 1.